The molecular weight excluding hydrogens is 356 g/mol. The molecule has 0 saturated carbocycles. The molecule has 0 aliphatic heterocycles. The van der Waals surface area contributed by atoms with Crippen LogP contribution in [0.15, 0.2) is 76.2 Å². The summed E-state index contributed by atoms with van der Waals surface area (Å²) < 4.78 is 6.18. The normalized spacial score (nSPS) is 13.1. The van der Waals surface area contributed by atoms with Crippen molar-refractivity contribution >= 4 is 11.9 Å². The van der Waals surface area contributed by atoms with E-state index in [-0.39, 0.29) is 5.92 Å². The van der Waals surface area contributed by atoms with Gasteiger partial charge in [-0.1, -0.05) is 67.1 Å². The largest absolute Gasteiger partial charge is 0.440 e. The van der Waals surface area contributed by atoms with Crippen LogP contribution in [0.25, 0.3) is 11.5 Å². The Morgan fingerprint density at radius 1 is 1.00 bits per heavy atom. The van der Waals surface area contributed by atoms with E-state index in [4.69, 9.17) is 14.4 Å². The summed E-state index contributed by atoms with van der Waals surface area (Å²) in [7, 11) is 0. The lowest BCUT2D eigenvalue weighted by Gasteiger charge is -2.06. The van der Waals surface area contributed by atoms with Crippen molar-refractivity contribution in [2.24, 2.45) is 4.99 Å². The highest BCUT2D eigenvalue weighted by Crippen LogP contribution is 2.29. The van der Waals surface area contributed by atoms with Crippen molar-refractivity contribution in [1.29, 1.82) is 0 Å². The van der Waals surface area contributed by atoms with Gasteiger partial charge in [-0.15, -0.1) is 0 Å². The Balaban J connectivity index is 2.03. The molecular formula is C26H28N2O. The van der Waals surface area contributed by atoms with Gasteiger partial charge in [0.1, 0.15) is 11.5 Å². The number of hydrogen-bond donors (Lipinski definition) is 0. The summed E-state index contributed by atoms with van der Waals surface area (Å²) in [6, 6.07) is 14.3. The van der Waals surface area contributed by atoms with E-state index in [9.17, 15) is 0 Å². The first-order valence-electron chi connectivity index (χ1n) is 9.97. The zero-order valence-electron chi connectivity index (χ0n) is 17.8. The molecule has 0 bridgehead atoms. The quantitative estimate of drug-likeness (QED) is 0.331. The van der Waals surface area contributed by atoms with Crippen LogP contribution >= 0.6 is 0 Å². The Bertz CT molecular complexity index is 1030. The fourth-order valence-corrected chi connectivity index (χ4v) is 3.40. The van der Waals surface area contributed by atoms with Crippen LogP contribution in [0, 0.1) is 20.8 Å². The van der Waals surface area contributed by atoms with Gasteiger partial charge in [-0.05, 0) is 51.0 Å². The van der Waals surface area contributed by atoms with Gasteiger partial charge in [-0.2, -0.15) is 0 Å². The molecule has 148 valence electrons. The first kappa shape index (κ1) is 20.5. The lowest BCUT2D eigenvalue weighted by molar-refractivity contribution is 0.507. The summed E-state index contributed by atoms with van der Waals surface area (Å²) in [5.41, 5.74) is 6.28. The Labute approximate surface area is 173 Å². The average Bonchev–Trinajstić information content (AvgIpc) is 3.12. The predicted molar refractivity (Wildman–Crippen MR) is 122 cm³/mol. The number of hydrogen-bond acceptors (Lipinski definition) is 3. The Morgan fingerprint density at radius 2 is 1.69 bits per heavy atom. The van der Waals surface area contributed by atoms with E-state index in [2.05, 4.69) is 45.9 Å². The van der Waals surface area contributed by atoms with Gasteiger partial charge in [0, 0.05) is 11.5 Å². The van der Waals surface area contributed by atoms with Crippen LogP contribution in [0.1, 0.15) is 47.9 Å². The van der Waals surface area contributed by atoms with Gasteiger partial charge in [0.15, 0.2) is 0 Å². The van der Waals surface area contributed by atoms with E-state index < -0.39 is 0 Å². The molecule has 3 aromatic rings. The highest BCUT2D eigenvalue weighted by molar-refractivity contribution is 5.83. The molecule has 3 nitrogen and oxygen atoms in total. The van der Waals surface area contributed by atoms with Crippen LogP contribution in [0.2, 0.25) is 0 Å². The van der Waals surface area contributed by atoms with Crippen molar-refractivity contribution in [3.05, 3.63) is 94.9 Å². The SMILES string of the molecule is C/C=C\C=C/C(C)c1oc(-c2ccccc2)nc1C=Nc1c(C)cc(C)cc1C. The molecule has 1 heterocycles. The van der Waals surface area contributed by atoms with Gasteiger partial charge in [0.2, 0.25) is 5.89 Å². The molecule has 0 radical (unpaired) electrons. The molecule has 0 amide bonds. The standard InChI is InChI=1S/C26H28N2O/c1-6-7-9-12-19(3)25-23(28-26(29-25)22-13-10-8-11-14-22)17-27-24-20(4)15-18(2)16-21(24)5/h6-17,19H,1-5H3/b7-6-,12-9-,27-17?. The number of oxazole rings is 1. The van der Waals surface area contributed by atoms with Crippen LogP contribution < -0.4 is 0 Å². The number of aliphatic imine (C=N–C) groups is 1. The summed E-state index contributed by atoms with van der Waals surface area (Å²) >= 11 is 0. The maximum atomic E-state index is 6.18. The molecule has 0 fully saturated rings. The van der Waals surface area contributed by atoms with Crippen molar-refractivity contribution in [2.75, 3.05) is 0 Å². The number of aryl methyl sites for hydroxylation is 3. The van der Waals surface area contributed by atoms with Crippen LogP contribution in [0.5, 0.6) is 0 Å². The van der Waals surface area contributed by atoms with Crippen molar-refractivity contribution in [1.82, 2.24) is 4.98 Å². The Hall–Kier alpha value is -3.20. The minimum absolute atomic E-state index is 0.0813. The van der Waals surface area contributed by atoms with E-state index in [0.29, 0.717) is 5.89 Å². The van der Waals surface area contributed by atoms with E-state index >= 15 is 0 Å². The van der Waals surface area contributed by atoms with Crippen molar-refractivity contribution in [2.45, 2.75) is 40.5 Å². The molecule has 1 aromatic heterocycles. The predicted octanol–water partition coefficient (Wildman–Crippen LogP) is 7.25. The van der Waals surface area contributed by atoms with Gasteiger partial charge >= 0.3 is 0 Å². The smallest absolute Gasteiger partial charge is 0.226 e. The van der Waals surface area contributed by atoms with Crippen molar-refractivity contribution in [3.8, 4) is 11.5 Å². The zero-order chi connectivity index (χ0) is 20.8. The molecule has 29 heavy (non-hydrogen) atoms. The first-order chi connectivity index (χ1) is 14.0. The molecule has 0 spiro atoms. The number of aromatic nitrogens is 1. The molecule has 2 aromatic carbocycles. The van der Waals surface area contributed by atoms with Gasteiger partial charge in [0.05, 0.1) is 11.9 Å². The van der Waals surface area contributed by atoms with Crippen molar-refractivity contribution < 1.29 is 4.42 Å². The fourth-order valence-electron chi connectivity index (χ4n) is 3.40. The molecule has 1 atom stereocenters. The number of rotatable bonds is 6. The second kappa shape index (κ2) is 9.33. The van der Waals surface area contributed by atoms with Crippen LogP contribution in [0.3, 0.4) is 0 Å². The summed E-state index contributed by atoms with van der Waals surface area (Å²) in [5, 5.41) is 0. The van der Waals surface area contributed by atoms with Crippen LogP contribution in [-0.2, 0) is 0 Å². The van der Waals surface area contributed by atoms with E-state index in [0.717, 1.165) is 33.8 Å². The molecule has 0 saturated heterocycles. The highest BCUT2D eigenvalue weighted by atomic mass is 16.4. The van der Waals surface area contributed by atoms with E-state index in [1.807, 2.05) is 61.7 Å². The lowest BCUT2D eigenvalue weighted by atomic mass is 10.1. The first-order valence-corrected chi connectivity index (χ1v) is 9.97. The summed E-state index contributed by atoms with van der Waals surface area (Å²) in [6.45, 7) is 10.4. The number of allylic oxidation sites excluding steroid dienone is 4. The van der Waals surface area contributed by atoms with Crippen LogP contribution in [0.4, 0.5) is 5.69 Å². The third-order valence-electron chi connectivity index (χ3n) is 4.77. The topological polar surface area (TPSA) is 38.4 Å². The Morgan fingerprint density at radius 3 is 2.34 bits per heavy atom. The van der Waals surface area contributed by atoms with E-state index in [1.165, 1.54) is 5.56 Å². The van der Waals surface area contributed by atoms with E-state index in [1.54, 1.807) is 0 Å². The fraction of sp³-hybridized carbons (Fsp3) is 0.231. The number of benzene rings is 2. The molecule has 0 aliphatic rings. The molecule has 3 heteroatoms. The maximum absolute atomic E-state index is 6.18. The Kier molecular flexibility index (Phi) is 6.61. The minimum atomic E-state index is 0.0813. The highest BCUT2D eigenvalue weighted by Gasteiger charge is 2.17. The third-order valence-corrected chi connectivity index (χ3v) is 4.77. The van der Waals surface area contributed by atoms with Crippen LogP contribution in [-0.4, -0.2) is 11.2 Å². The summed E-state index contributed by atoms with van der Waals surface area (Å²) in [6.07, 6.45) is 9.98. The van der Waals surface area contributed by atoms with Gasteiger partial charge in [0.25, 0.3) is 0 Å². The summed E-state index contributed by atoms with van der Waals surface area (Å²) in [5.74, 6) is 1.51. The maximum Gasteiger partial charge on any atom is 0.226 e. The second-order valence-electron chi connectivity index (χ2n) is 7.34. The van der Waals surface area contributed by atoms with Gasteiger partial charge in [-0.3, -0.25) is 4.99 Å². The molecule has 1 unspecified atom stereocenters. The number of nitrogens with zero attached hydrogens (tertiary/aromatic N) is 2. The molecule has 3 rings (SSSR count). The summed E-state index contributed by atoms with van der Waals surface area (Å²) in [4.78, 5) is 9.53. The molecule has 0 N–H and O–H groups in total. The zero-order valence-corrected chi connectivity index (χ0v) is 17.8. The second-order valence-corrected chi connectivity index (χ2v) is 7.34. The van der Waals surface area contributed by atoms with Gasteiger partial charge < -0.3 is 4.42 Å². The third kappa shape index (κ3) is 5.00. The van der Waals surface area contributed by atoms with Crippen molar-refractivity contribution in [3.63, 3.8) is 0 Å². The lowest BCUT2D eigenvalue weighted by Crippen LogP contribution is -1.94. The molecule has 0 aliphatic carbocycles. The van der Waals surface area contributed by atoms with Gasteiger partial charge in [-0.25, -0.2) is 4.98 Å². The monoisotopic (exact) mass is 384 g/mol. The minimum Gasteiger partial charge on any atom is -0.440 e. The average molecular weight is 385 g/mol.